The van der Waals surface area contributed by atoms with E-state index in [1.807, 2.05) is 0 Å². The molecule has 2 aromatic carbocycles. The van der Waals surface area contributed by atoms with Gasteiger partial charge >= 0.3 is 0 Å². The summed E-state index contributed by atoms with van der Waals surface area (Å²) >= 11 is 6.08. The summed E-state index contributed by atoms with van der Waals surface area (Å²) in [7, 11) is -2.17. The third-order valence-electron chi connectivity index (χ3n) is 5.17. The Morgan fingerprint density at radius 3 is 2.55 bits per heavy atom. The van der Waals surface area contributed by atoms with Crippen molar-refractivity contribution in [2.24, 2.45) is 5.92 Å². The maximum Gasteiger partial charge on any atom is 0.271 e. The minimum absolute atomic E-state index is 0.170. The molecule has 2 aromatic rings. The summed E-state index contributed by atoms with van der Waals surface area (Å²) in [5.74, 6) is -0.648. The highest BCUT2D eigenvalue weighted by Crippen LogP contribution is 2.31. The Kier molecular flexibility index (Phi) is 7.14. The van der Waals surface area contributed by atoms with Crippen molar-refractivity contribution in [2.75, 3.05) is 25.5 Å². The molecule has 1 amide bonds. The van der Waals surface area contributed by atoms with Crippen LogP contribution >= 0.6 is 11.6 Å². The Morgan fingerprint density at radius 2 is 1.94 bits per heavy atom. The van der Waals surface area contributed by atoms with Crippen molar-refractivity contribution in [3.63, 3.8) is 0 Å². The SMILES string of the molecule is COc1ccc([N+](=O)[O-])cc1NC(=O)C1CCN(S(=O)(=O)Cc2ccccc2Cl)CC1. The van der Waals surface area contributed by atoms with Crippen LogP contribution in [0, 0.1) is 16.0 Å². The quantitative estimate of drug-likeness (QED) is 0.492. The summed E-state index contributed by atoms with van der Waals surface area (Å²) in [5.41, 5.74) is 0.564. The number of halogens is 1. The molecule has 166 valence electrons. The molecule has 9 nitrogen and oxygen atoms in total. The number of ether oxygens (including phenoxy) is 1. The maximum absolute atomic E-state index is 12.7. The van der Waals surface area contributed by atoms with Crippen LogP contribution < -0.4 is 10.1 Å². The van der Waals surface area contributed by atoms with Crippen LogP contribution in [0.3, 0.4) is 0 Å². The third-order valence-corrected chi connectivity index (χ3v) is 7.36. The number of rotatable bonds is 7. The molecule has 31 heavy (non-hydrogen) atoms. The smallest absolute Gasteiger partial charge is 0.271 e. The van der Waals surface area contributed by atoms with Gasteiger partial charge in [0, 0.05) is 36.2 Å². The van der Waals surface area contributed by atoms with Crippen LogP contribution in [0.5, 0.6) is 5.75 Å². The zero-order valence-electron chi connectivity index (χ0n) is 16.8. The molecule has 0 aliphatic carbocycles. The lowest BCUT2D eigenvalue weighted by molar-refractivity contribution is -0.384. The number of amides is 1. The summed E-state index contributed by atoms with van der Waals surface area (Å²) in [6.07, 6.45) is 0.676. The molecule has 1 aliphatic rings. The molecular weight excluding hydrogens is 446 g/mol. The number of nitro benzene ring substituents is 1. The Balaban J connectivity index is 1.63. The molecule has 0 atom stereocenters. The minimum atomic E-state index is -3.57. The van der Waals surface area contributed by atoms with Gasteiger partial charge in [0.1, 0.15) is 5.75 Å². The van der Waals surface area contributed by atoms with E-state index in [-0.39, 0.29) is 36.1 Å². The van der Waals surface area contributed by atoms with E-state index in [4.69, 9.17) is 16.3 Å². The fourth-order valence-corrected chi connectivity index (χ4v) is 5.32. The number of piperidine rings is 1. The van der Waals surface area contributed by atoms with Crippen LogP contribution in [-0.4, -0.2) is 43.8 Å². The molecule has 0 saturated carbocycles. The third kappa shape index (κ3) is 5.52. The molecule has 0 aromatic heterocycles. The van der Waals surface area contributed by atoms with Crippen LogP contribution in [0.25, 0.3) is 0 Å². The Morgan fingerprint density at radius 1 is 1.26 bits per heavy atom. The number of hydrogen-bond acceptors (Lipinski definition) is 6. The molecule has 0 unspecified atom stereocenters. The zero-order valence-corrected chi connectivity index (χ0v) is 18.4. The van der Waals surface area contributed by atoms with Gasteiger partial charge in [0.15, 0.2) is 0 Å². The molecule has 1 heterocycles. The standard InChI is InChI=1S/C20H22ClN3O6S/c1-30-19-7-6-16(24(26)27)12-18(19)22-20(25)14-8-10-23(11-9-14)31(28,29)13-15-4-2-3-5-17(15)21/h2-7,12,14H,8-11,13H2,1H3,(H,22,25). The van der Waals surface area contributed by atoms with E-state index >= 15 is 0 Å². The first-order chi connectivity index (χ1) is 14.7. The molecule has 1 fully saturated rings. The summed E-state index contributed by atoms with van der Waals surface area (Å²) in [6.45, 7) is 0.411. The maximum atomic E-state index is 12.7. The van der Waals surface area contributed by atoms with Gasteiger partial charge in [0.25, 0.3) is 5.69 Å². The molecule has 1 aliphatic heterocycles. The number of hydrogen-bond donors (Lipinski definition) is 1. The number of sulfonamides is 1. The Bertz CT molecular complexity index is 1080. The second-order valence-corrected chi connectivity index (χ2v) is 9.53. The van der Waals surface area contributed by atoms with Crippen LogP contribution in [-0.2, 0) is 20.6 Å². The monoisotopic (exact) mass is 467 g/mol. The van der Waals surface area contributed by atoms with E-state index in [1.54, 1.807) is 24.3 Å². The number of anilines is 1. The number of carbonyl (C=O) groups excluding carboxylic acids is 1. The van der Waals surface area contributed by atoms with E-state index in [1.165, 1.54) is 29.6 Å². The highest BCUT2D eigenvalue weighted by atomic mass is 35.5. The van der Waals surface area contributed by atoms with E-state index in [0.717, 1.165) is 0 Å². The van der Waals surface area contributed by atoms with E-state index in [2.05, 4.69) is 5.32 Å². The van der Waals surface area contributed by atoms with Gasteiger partial charge in [0.05, 0.1) is 23.5 Å². The van der Waals surface area contributed by atoms with Gasteiger partial charge < -0.3 is 10.1 Å². The van der Waals surface area contributed by atoms with Crippen LogP contribution in [0.15, 0.2) is 42.5 Å². The Labute approximate surface area is 185 Å². The minimum Gasteiger partial charge on any atom is -0.495 e. The van der Waals surface area contributed by atoms with Gasteiger partial charge in [-0.25, -0.2) is 12.7 Å². The molecule has 0 spiro atoms. The van der Waals surface area contributed by atoms with Crippen molar-refractivity contribution in [3.05, 3.63) is 63.2 Å². The Hall–Kier alpha value is -2.69. The second-order valence-electron chi connectivity index (χ2n) is 7.15. The zero-order chi connectivity index (χ0) is 22.6. The second kappa shape index (κ2) is 9.63. The van der Waals surface area contributed by atoms with Gasteiger partial charge in [-0.05, 0) is 30.5 Å². The molecule has 11 heteroatoms. The van der Waals surface area contributed by atoms with Gasteiger partial charge in [0.2, 0.25) is 15.9 Å². The lowest BCUT2D eigenvalue weighted by atomic mass is 9.97. The van der Waals surface area contributed by atoms with Gasteiger partial charge in [-0.3, -0.25) is 14.9 Å². The van der Waals surface area contributed by atoms with Crippen LogP contribution in [0.1, 0.15) is 18.4 Å². The van der Waals surface area contributed by atoms with Crippen molar-refractivity contribution in [1.29, 1.82) is 0 Å². The van der Waals surface area contributed by atoms with E-state index in [0.29, 0.717) is 29.2 Å². The van der Waals surface area contributed by atoms with Crippen LogP contribution in [0.4, 0.5) is 11.4 Å². The molecule has 1 saturated heterocycles. The number of nitrogens with one attached hydrogen (secondary N) is 1. The first-order valence-corrected chi connectivity index (χ1v) is 11.5. The number of methoxy groups -OCH3 is 1. The first-order valence-electron chi connectivity index (χ1n) is 9.56. The van der Waals surface area contributed by atoms with Gasteiger partial charge in [-0.1, -0.05) is 29.8 Å². The van der Waals surface area contributed by atoms with Crippen molar-refractivity contribution in [1.82, 2.24) is 4.31 Å². The first kappa shape index (κ1) is 23.0. The van der Waals surface area contributed by atoms with Crippen LogP contribution in [0.2, 0.25) is 5.02 Å². The number of nitro groups is 1. The van der Waals surface area contributed by atoms with Crippen molar-refractivity contribution >= 4 is 38.9 Å². The van der Waals surface area contributed by atoms with E-state index in [9.17, 15) is 23.3 Å². The largest absolute Gasteiger partial charge is 0.495 e. The fourth-order valence-electron chi connectivity index (χ4n) is 3.44. The van der Waals surface area contributed by atoms with Gasteiger partial charge in [-0.15, -0.1) is 0 Å². The summed E-state index contributed by atoms with van der Waals surface area (Å²) in [6, 6.07) is 10.7. The lowest BCUT2D eigenvalue weighted by Crippen LogP contribution is -2.41. The summed E-state index contributed by atoms with van der Waals surface area (Å²) in [4.78, 5) is 23.1. The molecule has 0 radical (unpaired) electrons. The summed E-state index contributed by atoms with van der Waals surface area (Å²) in [5, 5.41) is 14.1. The number of benzene rings is 2. The highest BCUT2D eigenvalue weighted by molar-refractivity contribution is 7.88. The number of non-ortho nitro benzene ring substituents is 1. The average Bonchev–Trinajstić information content (AvgIpc) is 2.75. The van der Waals surface area contributed by atoms with Gasteiger partial charge in [-0.2, -0.15) is 0 Å². The fraction of sp³-hybridized carbons (Fsp3) is 0.350. The van der Waals surface area contributed by atoms with Crippen molar-refractivity contribution < 1.29 is 22.9 Å². The molecular formula is C20H22ClN3O6S. The molecule has 1 N–H and O–H groups in total. The van der Waals surface area contributed by atoms with Crippen molar-refractivity contribution in [2.45, 2.75) is 18.6 Å². The average molecular weight is 468 g/mol. The lowest BCUT2D eigenvalue weighted by Gasteiger charge is -2.30. The normalized spacial score (nSPS) is 15.4. The predicted molar refractivity (Wildman–Crippen MR) is 117 cm³/mol. The molecule has 3 rings (SSSR count). The predicted octanol–water partition coefficient (Wildman–Crippen LogP) is 3.44. The summed E-state index contributed by atoms with van der Waals surface area (Å²) < 4.78 is 32.0. The number of carbonyl (C=O) groups is 1. The van der Waals surface area contributed by atoms with Crippen molar-refractivity contribution in [3.8, 4) is 5.75 Å². The van der Waals surface area contributed by atoms with E-state index < -0.39 is 20.9 Å². The highest BCUT2D eigenvalue weighted by Gasteiger charge is 2.32. The molecule has 0 bridgehead atoms. The topological polar surface area (TPSA) is 119 Å². The number of nitrogens with zero attached hydrogens (tertiary/aromatic N) is 2.